The molecule has 96 heavy (non-hydrogen) atoms. The van der Waals surface area contributed by atoms with Gasteiger partial charge < -0.3 is 40.2 Å². The first-order valence-corrected chi connectivity index (χ1v) is 34.0. The molecule has 8 aromatic rings. The molecule has 4 N–H and O–H groups in total. The predicted octanol–water partition coefficient (Wildman–Crippen LogP) is 12.6. The zero-order chi connectivity index (χ0) is 67.2. The van der Waals surface area contributed by atoms with Crippen molar-refractivity contribution in [1.29, 1.82) is 0 Å². The molecule has 0 aliphatic carbocycles. The molecule has 506 valence electrons. The first-order chi connectivity index (χ1) is 47.1. The number of ether oxygens (including phenoxy) is 4. The number of carbonyl (C=O) groups excluding carboxylic acids is 4. The van der Waals surface area contributed by atoms with Gasteiger partial charge in [0.15, 0.2) is 0 Å². The highest BCUT2D eigenvalue weighted by atomic mass is 16.5. The fourth-order valence-corrected chi connectivity index (χ4v) is 11.0. The van der Waals surface area contributed by atoms with Crippen LogP contribution in [-0.2, 0) is 98.7 Å². The largest absolute Gasteiger partial charge is 0.494 e. The number of nitrogens with zero attached hydrogens (tertiary/aromatic N) is 7. The number of carbonyl (C=O) groups is 4. The van der Waals surface area contributed by atoms with Gasteiger partial charge in [-0.15, -0.1) is 0 Å². The smallest absolute Gasteiger partial charge is 0.248 e. The second-order valence-corrected chi connectivity index (χ2v) is 24.2. The van der Waals surface area contributed by atoms with Gasteiger partial charge >= 0.3 is 0 Å². The second kappa shape index (κ2) is 41.8. The lowest BCUT2D eigenvalue weighted by atomic mass is 10.0. The highest BCUT2D eigenvalue weighted by Gasteiger charge is 2.19. The van der Waals surface area contributed by atoms with Gasteiger partial charge in [0.05, 0.1) is 55.8 Å². The lowest BCUT2D eigenvalue weighted by molar-refractivity contribution is -0.137. The van der Waals surface area contributed by atoms with Crippen molar-refractivity contribution >= 4 is 29.3 Å². The number of ketones is 1. The Hall–Kier alpha value is -8.88. The number of aromatic nitrogens is 4. The minimum atomic E-state index is -0.220. The van der Waals surface area contributed by atoms with E-state index in [0.29, 0.717) is 116 Å². The minimum Gasteiger partial charge on any atom is -0.494 e. The summed E-state index contributed by atoms with van der Waals surface area (Å²) in [6.07, 6.45) is 12.1. The van der Waals surface area contributed by atoms with E-state index < -0.39 is 0 Å². The highest BCUT2D eigenvalue weighted by Crippen LogP contribution is 2.25. The fourth-order valence-electron chi connectivity index (χ4n) is 11.0. The number of unbranched alkanes of at least 4 members (excludes halogenated alkanes) is 5. The average molecular weight is 1300 g/mol. The van der Waals surface area contributed by atoms with Gasteiger partial charge in [0.25, 0.3) is 0 Å². The van der Waals surface area contributed by atoms with Gasteiger partial charge in [0.1, 0.15) is 30.6 Å². The molecule has 4 heterocycles. The van der Waals surface area contributed by atoms with Crippen LogP contribution in [0.5, 0.6) is 5.75 Å². The molecule has 0 atom stereocenters. The Balaban J connectivity index is 0.948. The SMILES string of the molecule is CCCCCC(=O)Cc1cccc(CN(Cc2cc(CN(Cc3ccccn3)Cc3cccc(NC(=O)CCCCC)n3)cc(OCCCCN(Cc3ccc(-c4ccccc4)cc3)C(=O)COCCOCCOCC(=O)NCc3ccc(CN)cc3)c2)Cc2ccccn2)n1. The molecule has 0 unspecified atom stereocenters. The lowest BCUT2D eigenvalue weighted by Crippen LogP contribution is -2.35. The van der Waals surface area contributed by atoms with Crippen LogP contribution in [0.25, 0.3) is 11.1 Å². The van der Waals surface area contributed by atoms with E-state index in [-0.39, 0.29) is 63.1 Å². The highest BCUT2D eigenvalue weighted by molar-refractivity contribution is 5.89. The van der Waals surface area contributed by atoms with Crippen molar-refractivity contribution in [2.45, 2.75) is 143 Å². The molecule has 18 heteroatoms. The third kappa shape index (κ3) is 27.5. The van der Waals surface area contributed by atoms with E-state index in [0.717, 1.165) is 106 Å². The van der Waals surface area contributed by atoms with Gasteiger partial charge in [0.2, 0.25) is 17.7 Å². The first kappa shape index (κ1) is 72.9. The van der Waals surface area contributed by atoms with Crippen LogP contribution in [0.15, 0.2) is 182 Å². The lowest BCUT2D eigenvalue weighted by Gasteiger charge is -2.25. The van der Waals surface area contributed by atoms with Gasteiger partial charge in [0, 0.05) is 103 Å². The molecule has 3 amide bonds. The third-order valence-corrected chi connectivity index (χ3v) is 16.0. The summed E-state index contributed by atoms with van der Waals surface area (Å²) in [6.45, 7) is 10.3. The summed E-state index contributed by atoms with van der Waals surface area (Å²) in [5.74, 6) is 1.04. The van der Waals surface area contributed by atoms with E-state index >= 15 is 0 Å². The van der Waals surface area contributed by atoms with Crippen molar-refractivity contribution in [2.24, 2.45) is 5.73 Å². The van der Waals surface area contributed by atoms with Crippen molar-refractivity contribution in [2.75, 3.05) is 58.1 Å². The van der Waals surface area contributed by atoms with Crippen molar-refractivity contribution in [3.05, 3.63) is 239 Å². The van der Waals surface area contributed by atoms with Crippen LogP contribution in [0.3, 0.4) is 0 Å². The van der Waals surface area contributed by atoms with E-state index in [2.05, 4.69) is 88.9 Å². The summed E-state index contributed by atoms with van der Waals surface area (Å²) >= 11 is 0. The summed E-state index contributed by atoms with van der Waals surface area (Å²) < 4.78 is 23.9. The molecular formula is C78H96N10O8. The third-order valence-electron chi connectivity index (χ3n) is 16.0. The maximum atomic E-state index is 14.1. The van der Waals surface area contributed by atoms with E-state index in [1.165, 1.54) is 0 Å². The maximum Gasteiger partial charge on any atom is 0.248 e. The Kier molecular flexibility index (Phi) is 31.8. The van der Waals surface area contributed by atoms with E-state index in [1.807, 2.05) is 133 Å². The standard InChI is InChI=1S/C78H96N10O8/c1-3-5-8-27-73(89)49-68-24-18-25-71(83-68)57-86(55-69-22-12-14-38-80-69)52-64-46-65(53-87(56-70-23-13-15-39-81-70)58-72-26-19-28-75(84-72)85-76(90)29-9-6-4-2)48-74(47-64)96-41-17-16-40-88(54-63-34-36-67(37-35-63)66-20-10-7-11-21-66)78(92)60-95-45-43-93-42-44-94-59-77(91)82-51-62-32-30-61(50-79)31-33-62/h7,10-15,18-26,28,30-39,46-48H,3-6,8-9,16-17,27,29,40-45,49-60,79H2,1-2H3,(H,82,91)(H,84,85,90). The van der Waals surface area contributed by atoms with Crippen molar-refractivity contribution in [3.8, 4) is 16.9 Å². The number of nitrogens with two attached hydrogens (primary N) is 1. The van der Waals surface area contributed by atoms with Crippen LogP contribution in [0.4, 0.5) is 5.82 Å². The fraction of sp³-hybridized carbons (Fsp3) is 0.385. The van der Waals surface area contributed by atoms with E-state index in [4.69, 9.17) is 44.6 Å². The van der Waals surface area contributed by atoms with Gasteiger partial charge in [-0.05, 0) is 125 Å². The minimum absolute atomic E-state index is 0.0435. The molecule has 0 aliphatic heterocycles. The number of Topliss-reactive ketones (excluding diaryl/α,β-unsaturated/α-hetero) is 1. The van der Waals surface area contributed by atoms with Crippen LogP contribution in [0, 0.1) is 0 Å². The van der Waals surface area contributed by atoms with Crippen LogP contribution < -0.4 is 21.1 Å². The normalized spacial score (nSPS) is 11.3. The molecule has 0 radical (unpaired) electrons. The summed E-state index contributed by atoms with van der Waals surface area (Å²) in [5, 5.41) is 5.88. The molecule has 0 saturated heterocycles. The van der Waals surface area contributed by atoms with Crippen molar-refractivity contribution in [1.82, 2.24) is 40.0 Å². The average Bonchev–Trinajstić information content (AvgIpc) is 0.976. The number of hydrogen-bond acceptors (Lipinski definition) is 15. The van der Waals surface area contributed by atoms with E-state index in [9.17, 15) is 19.2 Å². The molecule has 18 nitrogen and oxygen atoms in total. The molecular weight excluding hydrogens is 1200 g/mol. The van der Waals surface area contributed by atoms with Crippen molar-refractivity contribution in [3.63, 3.8) is 0 Å². The Morgan fingerprint density at radius 1 is 0.458 bits per heavy atom. The van der Waals surface area contributed by atoms with Gasteiger partial charge in [-0.2, -0.15) is 0 Å². The van der Waals surface area contributed by atoms with Crippen molar-refractivity contribution < 1.29 is 38.1 Å². The number of hydrogen-bond donors (Lipinski definition) is 3. The number of anilines is 1. The summed E-state index contributed by atoms with van der Waals surface area (Å²) in [7, 11) is 0. The number of pyridine rings is 4. The topological polar surface area (TPSA) is 217 Å². The summed E-state index contributed by atoms with van der Waals surface area (Å²) in [4.78, 5) is 78.2. The molecule has 0 aliphatic rings. The number of amides is 3. The van der Waals surface area contributed by atoms with Gasteiger partial charge in [-0.25, -0.2) is 4.98 Å². The molecule has 8 rings (SSSR count). The zero-order valence-corrected chi connectivity index (χ0v) is 56.1. The predicted molar refractivity (Wildman–Crippen MR) is 376 cm³/mol. The Morgan fingerprint density at radius 3 is 1.67 bits per heavy atom. The Labute approximate surface area is 567 Å². The molecule has 0 bridgehead atoms. The molecule has 4 aromatic heterocycles. The number of benzene rings is 4. The summed E-state index contributed by atoms with van der Waals surface area (Å²) in [6, 6.07) is 56.4. The molecule has 0 fully saturated rings. The maximum absolute atomic E-state index is 14.1. The van der Waals surface area contributed by atoms with Gasteiger partial charge in [-0.1, -0.05) is 149 Å². The summed E-state index contributed by atoms with van der Waals surface area (Å²) in [5.41, 5.74) is 17.2. The van der Waals surface area contributed by atoms with E-state index in [1.54, 1.807) is 0 Å². The Morgan fingerprint density at radius 2 is 1.02 bits per heavy atom. The van der Waals surface area contributed by atoms with Crippen LogP contribution in [0.1, 0.15) is 134 Å². The number of rotatable bonds is 45. The van der Waals surface area contributed by atoms with Crippen LogP contribution in [-0.4, -0.2) is 111 Å². The van der Waals surface area contributed by atoms with Crippen LogP contribution in [0.2, 0.25) is 0 Å². The van der Waals surface area contributed by atoms with Crippen LogP contribution >= 0.6 is 0 Å². The quantitative estimate of drug-likeness (QED) is 0.0303. The molecule has 4 aromatic carbocycles. The number of nitrogens with one attached hydrogen (secondary N) is 2. The van der Waals surface area contributed by atoms with Gasteiger partial charge in [-0.3, -0.25) is 43.9 Å². The molecule has 0 spiro atoms. The monoisotopic (exact) mass is 1300 g/mol. The first-order valence-electron chi connectivity index (χ1n) is 34.0. The molecule has 0 saturated carbocycles. The second-order valence-electron chi connectivity index (χ2n) is 24.2. The zero-order valence-electron chi connectivity index (χ0n) is 56.1. The Bertz CT molecular complexity index is 3430.